The molecule has 24 heavy (non-hydrogen) atoms. The Morgan fingerprint density at radius 2 is 1.92 bits per heavy atom. The Hall–Kier alpha value is -1.11. The lowest BCUT2D eigenvalue weighted by atomic mass is 9.86. The molecule has 0 bridgehead atoms. The first-order valence-corrected chi connectivity index (χ1v) is 11.1. The third-order valence-electron chi connectivity index (χ3n) is 4.85. The highest BCUT2D eigenvalue weighted by Gasteiger charge is 2.26. The molecule has 1 aromatic heterocycles. The molecule has 132 valence electrons. The fourth-order valence-electron chi connectivity index (χ4n) is 3.19. The summed E-state index contributed by atoms with van der Waals surface area (Å²) in [6.45, 7) is 4.41. The summed E-state index contributed by atoms with van der Waals surface area (Å²) in [5, 5.41) is 6.59. The Balaban J connectivity index is 1.47. The van der Waals surface area contributed by atoms with Crippen LogP contribution < -0.4 is 10.0 Å². The van der Waals surface area contributed by atoms with E-state index in [1.54, 1.807) is 25.2 Å². The van der Waals surface area contributed by atoms with Crippen molar-refractivity contribution in [3.8, 4) is 0 Å². The first-order chi connectivity index (χ1) is 11.4. The molecule has 1 fully saturated rings. The van der Waals surface area contributed by atoms with Crippen LogP contribution in [-0.4, -0.2) is 26.3 Å². The minimum absolute atomic E-state index is 0.107. The summed E-state index contributed by atoms with van der Waals surface area (Å²) < 4.78 is 28.1. The van der Waals surface area contributed by atoms with Gasteiger partial charge in [-0.3, -0.25) is 0 Å². The molecular weight excluding hydrogens is 340 g/mol. The van der Waals surface area contributed by atoms with Crippen LogP contribution in [0.5, 0.6) is 0 Å². The van der Waals surface area contributed by atoms with Crippen LogP contribution in [0.1, 0.15) is 39.5 Å². The van der Waals surface area contributed by atoms with Gasteiger partial charge in [-0.05, 0) is 80.5 Å². The molecule has 1 saturated carbocycles. The van der Waals surface area contributed by atoms with Crippen molar-refractivity contribution in [3.05, 3.63) is 29.6 Å². The number of anilines is 1. The molecule has 0 unspecified atom stereocenters. The summed E-state index contributed by atoms with van der Waals surface area (Å²) in [5.41, 5.74) is 1.17. The lowest BCUT2D eigenvalue weighted by Gasteiger charge is -2.29. The Labute approximate surface area is 148 Å². The summed E-state index contributed by atoms with van der Waals surface area (Å²) in [6, 6.07) is 8.77. The number of hydrogen-bond donors (Lipinski definition) is 2. The summed E-state index contributed by atoms with van der Waals surface area (Å²) in [7, 11) is -3.15. The number of sulfonamides is 1. The maximum atomic E-state index is 12.0. The van der Waals surface area contributed by atoms with Gasteiger partial charge in [-0.25, -0.2) is 13.1 Å². The van der Waals surface area contributed by atoms with Crippen molar-refractivity contribution in [3.63, 3.8) is 0 Å². The topological polar surface area (TPSA) is 58.2 Å². The van der Waals surface area contributed by atoms with Gasteiger partial charge in [-0.15, -0.1) is 11.3 Å². The minimum atomic E-state index is -3.15. The van der Waals surface area contributed by atoms with Crippen molar-refractivity contribution < 1.29 is 8.42 Å². The predicted octanol–water partition coefficient (Wildman–Crippen LogP) is 4.20. The fraction of sp³-hybridized carbons (Fsp3) is 0.556. The molecular formula is C18H26N2O2S2. The molecule has 1 aliphatic rings. The van der Waals surface area contributed by atoms with Crippen molar-refractivity contribution in [2.45, 2.75) is 50.8 Å². The maximum absolute atomic E-state index is 12.0. The van der Waals surface area contributed by atoms with E-state index in [4.69, 9.17) is 0 Å². The number of thiophene rings is 1. The zero-order chi connectivity index (χ0) is 17.2. The zero-order valence-electron chi connectivity index (χ0n) is 14.3. The number of benzene rings is 1. The smallest absolute Gasteiger partial charge is 0.214 e. The predicted molar refractivity (Wildman–Crippen MR) is 103 cm³/mol. The molecule has 0 spiro atoms. The van der Waals surface area contributed by atoms with Crippen molar-refractivity contribution in [1.29, 1.82) is 0 Å². The van der Waals surface area contributed by atoms with Gasteiger partial charge in [0.15, 0.2) is 0 Å². The number of nitrogens with one attached hydrogen (secondary N) is 2. The number of rotatable bonds is 6. The standard InChI is InChI=1S/C18H26N2O2S2/c1-13(2)24(21,22)20-16-5-3-14(4-6-16)12-19-17-7-8-18-15(11-17)9-10-23-18/h7-11,13-14,16,19-20H,3-6,12H2,1-2H3. The second-order valence-electron chi connectivity index (χ2n) is 6.98. The van der Waals surface area contributed by atoms with Gasteiger partial charge in [0, 0.05) is 23.0 Å². The van der Waals surface area contributed by atoms with E-state index in [2.05, 4.69) is 39.7 Å². The molecule has 1 aromatic carbocycles. The first kappa shape index (κ1) is 17.7. The minimum Gasteiger partial charge on any atom is -0.385 e. The Kier molecular flexibility index (Phi) is 5.47. The van der Waals surface area contributed by atoms with E-state index in [1.807, 2.05) is 0 Å². The second-order valence-corrected chi connectivity index (χ2v) is 10.2. The SMILES string of the molecule is CC(C)S(=O)(=O)NC1CCC(CNc2ccc3sccc3c2)CC1. The highest BCUT2D eigenvalue weighted by atomic mass is 32.2. The van der Waals surface area contributed by atoms with Gasteiger partial charge in [0.25, 0.3) is 0 Å². The van der Waals surface area contributed by atoms with Crippen LogP contribution in [0.15, 0.2) is 29.6 Å². The molecule has 6 heteroatoms. The molecule has 0 saturated heterocycles. The van der Waals surface area contributed by atoms with Gasteiger partial charge in [0.05, 0.1) is 5.25 Å². The van der Waals surface area contributed by atoms with Gasteiger partial charge in [0.2, 0.25) is 10.0 Å². The molecule has 2 N–H and O–H groups in total. The van der Waals surface area contributed by atoms with E-state index in [-0.39, 0.29) is 11.3 Å². The van der Waals surface area contributed by atoms with E-state index >= 15 is 0 Å². The quantitative estimate of drug-likeness (QED) is 0.805. The van der Waals surface area contributed by atoms with Gasteiger partial charge in [0.1, 0.15) is 0 Å². The van der Waals surface area contributed by atoms with E-state index < -0.39 is 10.0 Å². The van der Waals surface area contributed by atoms with E-state index in [1.165, 1.54) is 15.8 Å². The molecule has 0 amide bonds. The summed E-state index contributed by atoms with van der Waals surface area (Å²) >= 11 is 1.76. The van der Waals surface area contributed by atoms with Crippen LogP contribution in [0.2, 0.25) is 0 Å². The average molecular weight is 367 g/mol. The van der Waals surface area contributed by atoms with Crippen molar-refractivity contribution in [2.75, 3.05) is 11.9 Å². The molecule has 0 atom stereocenters. The highest BCUT2D eigenvalue weighted by molar-refractivity contribution is 7.90. The monoisotopic (exact) mass is 366 g/mol. The molecule has 1 heterocycles. The van der Waals surface area contributed by atoms with Crippen LogP contribution in [0.25, 0.3) is 10.1 Å². The third-order valence-corrected chi connectivity index (χ3v) is 7.65. The second kappa shape index (κ2) is 7.42. The molecule has 2 aromatic rings. The van der Waals surface area contributed by atoms with Crippen LogP contribution in [-0.2, 0) is 10.0 Å². The van der Waals surface area contributed by atoms with E-state index in [0.29, 0.717) is 5.92 Å². The lowest BCUT2D eigenvalue weighted by molar-refractivity contribution is 0.323. The van der Waals surface area contributed by atoms with E-state index in [9.17, 15) is 8.42 Å². The van der Waals surface area contributed by atoms with E-state index in [0.717, 1.165) is 32.2 Å². The van der Waals surface area contributed by atoms with Crippen LogP contribution >= 0.6 is 11.3 Å². The summed E-state index contributed by atoms with van der Waals surface area (Å²) in [4.78, 5) is 0. The number of hydrogen-bond acceptors (Lipinski definition) is 4. The molecule has 4 nitrogen and oxygen atoms in total. The van der Waals surface area contributed by atoms with Gasteiger partial charge in [-0.1, -0.05) is 0 Å². The average Bonchev–Trinajstić information content (AvgIpc) is 3.01. The first-order valence-electron chi connectivity index (χ1n) is 8.66. The molecule has 3 rings (SSSR count). The van der Waals surface area contributed by atoms with Crippen LogP contribution in [0, 0.1) is 5.92 Å². The lowest BCUT2D eigenvalue weighted by Crippen LogP contribution is -2.41. The van der Waals surface area contributed by atoms with Crippen molar-refractivity contribution in [2.24, 2.45) is 5.92 Å². The van der Waals surface area contributed by atoms with Gasteiger partial charge < -0.3 is 5.32 Å². The Morgan fingerprint density at radius 3 is 2.62 bits per heavy atom. The maximum Gasteiger partial charge on any atom is 0.214 e. The summed E-state index contributed by atoms with van der Waals surface area (Å²) in [5.74, 6) is 0.614. The normalized spacial score (nSPS) is 22.1. The Morgan fingerprint density at radius 1 is 1.17 bits per heavy atom. The van der Waals surface area contributed by atoms with Crippen LogP contribution in [0.4, 0.5) is 5.69 Å². The molecule has 0 aliphatic heterocycles. The van der Waals surface area contributed by atoms with Crippen LogP contribution in [0.3, 0.4) is 0 Å². The zero-order valence-corrected chi connectivity index (χ0v) is 15.9. The van der Waals surface area contributed by atoms with Crippen molar-refractivity contribution in [1.82, 2.24) is 4.72 Å². The number of fused-ring (bicyclic) bond motifs is 1. The summed E-state index contributed by atoms with van der Waals surface area (Å²) in [6.07, 6.45) is 4.00. The largest absolute Gasteiger partial charge is 0.385 e. The molecule has 1 aliphatic carbocycles. The highest BCUT2D eigenvalue weighted by Crippen LogP contribution is 2.27. The van der Waals surface area contributed by atoms with Gasteiger partial charge in [-0.2, -0.15) is 0 Å². The molecule has 0 radical (unpaired) electrons. The van der Waals surface area contributed by atoms with Gasteiger partial charge >= 0.3 is 0 Å². The van der Waals surface area contributed by atoms with Crippen molar-refractivity contribution >= 4 is 37.1 Å². The Bertz CT molecular complexity index is 775. The fourth-order valence-corrected chi connectivity index (χ4v) is 4.94. The third kappa shape index (κ3) is 4.29.